The number of thioether (sulfide) groups is 1. The summed E-state index contributed by atoms with van der Waals surface area (Å²) < 4.78 is 32.1. The van der Waals surface area contributed by atoms with Crippen LogP contribution in [0.15, 0.2) is 16.3 Å². The number of carbonyl (C=O) groups excluding carboxylic acids is 1. The van der Waals surface area contributed by atoms with Gasteiger partial charge in [-0.2, -0.15) is 31.0 Å². The molecule has 26 heavy (non-hydrogen) atoms. The number of hydrogen-bond donors (Lipinski definition) is 2. The van der Waals surface area contributed by atoms with E-state index in [4.69, 9.17) is 16.2 Å². The van der Waals surface area contributed by atoms with E-state index in [1.807, 2.05) is 0 Å². The maximum absolute atomic E-state index is 12.8. The Morgan fingerprint density at radius 1 is 1.19 bits per heavy atom. The second-order valence-corrected chi connectivity index (χ2v) is 9.22. The van der Waals surface area contributed by atoms with Crippen molar-refractivity contribution in [3.8, 4) is 0 Å². The van der Waals surface area contributed by atoms with Crippen molar-refractivity contribution >= 4 is 51.0 Å². The summed E-state index contributed by atoms with van der Waals surface area (Å²) in [5, 5.41) is 1.54. The summed E-state index contributed by atoms with van der Waals surface area (Å²) in [5.41, 5.74) is 10.9. The number of hydrogen-bond acceptors (Lipinski definition) is 11. The van der Waals surface area contributed by atoms with Gasteiger partial charge in [0.2, 0.25) is 21.9 Å². The molecule has 2 aromatic heterocycles. The zero-order valence-corrected chi connectivity index (χ0v) is 15.9. The fraction of sp³-hybridized carbons (Fsp3) is 0.385. The van der Waals surface area contributed by atoms with E-state index in [0.717, 1.165) is 22.8 Å². The van der Waals surface area contributed by atoms with E-state index in [-0.39, 0.29) is 34.1 Å². The van der Waals surface area contributed by atoms with Crippen molar-refractivity contribution in [3.05, 3.63) is 22.1 Å². The SMILES string of the molecule is Nc1nc(N)nc(COC(=O)c2sccc2S(=O)(=O)N2CCSCC2)n1. The van der Waals surface area contributed by atoms with Crippen LogP contribution >= 0.6 is 23.1 Å². The first kappa shape index (κ1) is 18.8. The Kier molecular flexibility index (Phi) is 5.60. The molecule has 0 unspecified atom stereocenters. The number of ether oxygens (including phenoxy) is 1. The number of rotatable bonds is 5. The van der Waals surface area contributed by atoms with E-state index < -0.39 is 16.0 Å². The molecule has 1 aliphatic heterocycles. The van der Waals surface area contributed by atoms with E-state index in [1.165, 1.54) is 10.4 Å². The molecule has 0 radical (unpaired) electrons. The van der Waals surface area contributed by atoms with Gasteiger partial charge in [-0.1, -0.05) is 0 Å². The van der Waals surface area contributed by atoms with Crippen molar-refractivity contribution in [1.82, 2.24) is 19.3 Å². The molecule has 0 aliphatic carbocycles. The highest BCUT2D eigenvalue weighted by atomic mass is 32.2. The summed E-state index contributed by atoms with van der Waals surface area (Å²) in [7, 11) is -3.74. The van der Waals surface area contributed by atoms with E-state index in [9.17, 15) is 13.2 Å². The van der Waals surface area contributed by atoms with Crippen molar-refractivity contribution < 1.29 is 17.9 Å². The summed E-state index contributed by atoms with van der Waals surface area (Å²) in [6.07, 6.45) is 0. The van der Waals surface area contributed by atoms with Crippen LogP contribution in [-0.4, -0.2) is 58.2 Å². The number of nitrogens with two attached hydrogens (primary N) is 2. The normalized spacial score (nSPS) is 15.7. The lowest BCUT2D eigenvalue weighted by atomic mass is 10.5. The standard InChI is InChI=1S/C13H16N6O4S3/c14-12-16-9(17-13(15)18-12)7-23-11(20)10-8(1-4-25-10)26(21,22)19-2-5-24-6-3-19/h1,4H,2-3,5-7H2,(H4,14,15,16,17,18). The van der Waals surface area contributed by atoms with Crippen LogP contribution in [-0.2, 0) is 21.4 Å². The minimum Gasteiger partial charge on any atom is -0.453 e. The van der Waals surface area contributed by atoms with Crippen molar-refractivity contribution in [3.63, 3.8) is 0 Å². The van der Waals surface area contributed by atoms with Gasteiger partial charge in [0.25, 0.3) is 0 Å². The van der Waals surface area contributed by atoms with Gasteiger partial charge in [-0.25, -0.2) is 13.2 Å². The fourth-order valence-corrected chi connectivity index (χ4v) is 6.15. The number of anilines is 2. The Bertz CT molecular complexity index is 890. The second-order valence-electron chi connectivity index (χ2n) is 5.17. The van der Waals surface area contributed by atoms with Crippen molar-refractivity contribution in [2.45, 2.75) is 11.5 Å². The smallest absolute Gasteiger partial charge is 0.350 e. The minimum absolute atomic E-state index is 0.0122. The first-order valence-corrected chi connectivity index (χ1v) is 10.9. The predicted molar refractivity (Wildman–Crippen MR) is 98.2 cm³/mol. The Labute approximate surface area is 158 Å². The van der Waals surface area contributed by atoms with Gasteiger partial charge < -0.3 is 16.2 Å². The molecule has 1 saturated heterocycles. The van der Waals surface area contributed by atoms with Gasteiger partial charge in [-0.15, -0.1) is 11.3 Å². The van der Waals surface area contributed by atoms with E-state index in [2.05, 4.69) is 15.0 Å². The molecule has 1 aliphatic rings. The third kappa shape index (κ3) is 4.06. The van der Waals surface area contributed by atoms with Crippen LogP contribution in [0.1, 0.15) is 15.5 Å². The van der Waals surface area contributed by atoms with Gasteiger partial charge in [0.15, 0.2) is 12.4 Å². The zero-order valence-electron chi connectivity index (χ0n) is 13.5. The Morgan fingerprint density at radius 2 is 1.85 bits per heavy atom. The number of esters is 1. The molecule has 0 bridgehead atoms. The van der Waals surface area contributed by atoms with Crippen LogP contribution < -0.4 is 11.5 Å². The Hall–Kier alpha value is -1.96. The lowest BCUT2D eigenvalue weighted by Crippen LogP contribution is -2.38. The summed E-state index contributed by atoms with van der Waals surface area (Å²) in [6, 6.07) is 1.41. The number of sulfonamides is 1. The van der Waals surface area contributed by atoms with Gasteiger partial charge >= 0.3 is 5.97 Å². The lowest BCUT2D eigenvalue weighted by molar-refractivity contribution is 0.0463. The fourth-order valence-electron chi connectivity index (χ4n) is 2.29. The highest BCUT2D eigenvalue weighted by Gasteiger charge is 2.31. The van der Waals surface area contributed by atoms with E-state index in [1.54, 1.807) is 17.1 Å². The van der Waals surface area contributed by atoms with Gasteiger partial charge in [-0.3, -0.25) is 0 Å². The molecule has 140 valence electrons. The molecule has 1 fully saturated rings. The summed E-state index contributed by atoms with van der Waals surface area (Å²) >= 11 is 2.70. The molecule has 10 nitrogen and oxygen atoms in total. The summed E-state index contributed by atoms with van der Waals surface area (Å²) in [5.74, 6) is 0.577. The van der Waals surface area contributed by atoms with E-state index in [0.29, 0.717) is 13.1 Å². The number of nitrogen functional groups attached to an aromatic ring is 2. The predicted octanol–water partition coefficient (Wildman–Crippen LogP) is 0.192. The van der Waals surface area contributed by atoms with Crippen LogP contribution in [0.5, 0.6) is 0 Å². The van der Waals surface area contributed by atoms with Crippen LogP contribution in [0, 0.1) is 0 Å². The molecule has 0 spiro atoms. The largest absolute Gasteiger partial charge is 0.453 e. The number of aromatic nitrogens is 3. The highest BCUT2D eigenvalue weighted by molar-refractivity contribution is 7.99. The first-order chi connectivity index (χ1) is 12.4. The van der Waals surface area contributed by atoms with Gasteiger partial charge in [0.1, 0.15) is 9.77 Å². The average molecular weight is 417 g/mol. The Morgan fingerprint density at radius 3 is 2.50 bits per heavy atom. The molecule has 0 saturated carbocycles. The second kappa shape index (κ2) is 7.73. The molecule has 0 aromatic carbocycles. The molecule has 3 rings (SSSR count). The molecule has 0 atom stereocenters. The van der Waals surface area contributed by atoms with Gasteiger partial charge in [0, 0.05) is 24.6 Å². The first-order valence-electron chi connectivity index (χ1n) is 7.46. The monoisotopic (exact) mass is 416 g/mol. The number of nitrogens with zero attached hydrogens (tertiary/aromatic N) is 4. The lowest BCUT2D eigenvalue weighted by Gasteiger charge is -2.25. The zero-order chi connectivity index (χ0) is 18.7. The topological polar surface area (TPSA) is 154 Å². The van der Waals surface area contributed by atoms with Crippen LogP contribution in [0.25, 0.3) is 0 Å². The third-order valence-corrected chi connectivity index (χ3v) is 7.36. The number of carbonyl (C=O) groups is 1. The molecular weight excluding hydrogens is 400 g/mol. The third-order valence-electron chi connectivity index (χ3n) is 3.45. The number of thiophene rings is 1. The van der Waals surface area contributed by atoms with Crippen LogP contribution in [0.4, 0.5) is 11.9 Å². The molecular formula is C13H16N6O4S3. The summed E-state index contributed by atoms with van der Waals surface area (Å²) in [6.45, 7) is 0.537. The maximum atomic E-state index is 12.8. The van der Waals surface area contributed by atoms with E-state index >= 15 is 0 Å². The van der Waals surface area contributed by atoms with Crippen molar-refractivity contribution in [2.24, 2.45) is 0 Å². The molecule has 0 amide bonds. The summed E-state index contributed by atoms with van der Waals surface area (Å²) in [4.78, 5) is 23.6. The average Bonchev–Trinajstić information content (AvgIpc) is 3.10. The van der Waals surface area contributed by atoms with Crippen molar-refractivity contribution in [2.75, 3.05) is 36.1 Å². The molecule has 13 heteroatoms. The maximum Gasteiger partial charge on any atom is 0.350 e. The Balaban J connectivity index is 1.76. The molecule has 3 heterocycles. The quantitative estimate of drug-likeness (QED) is 0.645. The van der Waals surface area contributed by atoms with Crippen molar-refractivity contribution in [1.29, 1.82) is 0 Å². The van der Waals surface area contributed by atoms with Gasteiger partial charge in [-0.05, 0) is 11.4 Å². The van der Waals surface area contributed by atoms with Crippen LogP contribution in [0.2, 0.25) is 0 Å². The van der Waals surface area contributed by atoms with Gasteiger partial charge in [0.05, 0.1) is 0 Å². The molecule has 2 aromatic rings. The van der Waals surface area contributed by atoms with Crippen LogP contribution in [0.3, 0.4) is 0 Å². The highest BCUT2D eigenvalue weighted by Crippen LogP contribution is 2.27. The molecule has 4 N–H and O–H groups in total. The minimum atomic E-state index is -3.74.